The number of fused-ring (bicyclic) bond motifs is 1. The maximum Gasteiger partial charge on any atom is 0.0717 e. The van der Waals surface area contributed by atoms with Gasteiger partial charge in [0.05, 0.1) is 13.2 Å². The Labute approximate surface area is 144 Å². The average molecular weight is 322 g/mol. The highest BCUT2D eigenvalue weighted by Crippen LogP contribution is 2.20. The third kappa shape index (κ3) is 4.25. The molecule has 0 radical (unpaired) electrons. The van der Waals surface area contributed by atoms with E-state index >= 15 is 0 Å². The molecule has 0 fully saturated rings. The van der Waals surface area contributed by atoms with Crippen molar-refractivity contribution in [1.29, 1.82) is 0 Å². The first-order chi connectivity index (χ1) is 11.7. The van der Waals surface area contributed by atoms with E-state index in [1.807, 2.05) is 18.2 Å². The van der Waals surface area contributed by atoms with Gasteiger partial charge in [0.15, 0.2) is 0 Å². The van der Waals surface area contributed by atoms with E-state index in [-0.39, 0.29) is 0 Å². The second kappa shape index (κ2) is 8.13. The van der Waals surface area contributed by atoms with E-state index in [9.17, 15) is 0 Å². The van der Waals surface area contributed by atoms with Crippen LogP contribution in [0.2, 0.25) is 0 Å². The Morgan fingerprint density at radius 1 is 1.00 bits per heavy atom. The molecule has 0 amide bonds. The van der Waals surface area contributed by atoms with Crippen molar-refractivity contribution in [2.45, 2.75) is 39.6 Å². The molecule has 1 N–H and O–H groups in total. The molecule has 0 aliphatic rings. The highest BCUT2D eigenvalue weighted by atomic mass is 16.5. The Morgan fingerprint density at radius 2 is 1.83 bits per heavy atom. The molecule has 0 atom stereocenters. The number of aromatic nitrogens is 1. The topological polar surface area (TPSA) is 26.2 Å². The number of rotatable bonds is 8. The number of nitrogens with zero attached hydrogens (tertiary/aromatic N) is 1. The minimum atomic E-state index is 0.494. The van der Waals surface area contributed by atoms with Crippen LogP contribution in [0.5, 0.6) is 0 Å². The van der Waals surface area contributed by atoms with Gasteiger partial charge in [0, 0.05) is 36.2 Å². The Bertz CT molecular complexity index is 762. The molecule has 1 heterocycles. The van der Waals surface area contributed by atoms with Gasteiger partial charge in [-0.25, -0.2) is 0 Å². The third-order valence-electron chi connectivity index (χ3n) is 4.19. The summed E-state index contributed by atoms with van der Waals surface area (Å²) < 4.78 is 8.09. The van der Waals surface area contributed by atoms with Crippen molar-refractivity contribution >= 4 is 10.9 Å². The third-order valence-corrected chi connectivity index (χ3v) is 4.19. The van der Waals surface area contributed by atoms with Crippen molar-refractivity contribution in [2.24, 2.45) is 0 Å². The van der Waals surface area contributed by atoms with Crippen LogP contribution >= 0.6 is 0 Å². The number of benzene rings is 2. The smallest absolute Gasteiger partial charge is 0.0717 e. The summed E-state index contributed by atoms with van der Waals surface area (Å²) in [5.74, 6) is 0. The Kier molecular flexibility index (Phi) is 5.68. The lowest BCUT2D eigenvalue weighted by Gasteiger charge is -2.10. The molecule has 0 aliphatic heterocycles. The van der Waals surface area contributed by atoms with Crippen LogP contribution in [-0.4, -0.2) is 17.2 Å². The van der Waals surface area contributed by atoms with Gasteiger partial charge in [-0.05, 0) is 23.3 Å². The van der Waals surface area contributed by atoms with Crippen LogP contribution in [0.4, 0.5) is 0 Å². The summed E-state index contributed by atoms with van der Waals surface area (Å²) >= 11 is 0. The van der Waals surface area contributed by atoms with Crippen molar-refractivity contribution in [2.75, 3.05) is 6.61 Å². The number of hydrogen-bond acceptors (Lipinski definition) is 2. The summed E-state index contributed by atoms with van der Waals surface area (Å²) in [6.07, 6.45) is 2.16. The summed E-state index contributed by atoms with van der Waals surface area (Å²) in [6, 6.07) is 19.5. The van der Waals surface area contributed by atoms with Gasteiger partial charge in [0.25, 0.3) is 0 Å². The van der Waals surface area contributed by atoms with Crippen molar-refractivity contribution in [3.63, 3.8) is 0 Å². The normalized spacial score (nSPS) is 11.5. The fourth-order valence-electron chi connectivity index (χ4n) is 2.88. The zero-order valence-corrected chi connectivity index (χ0v) is 14.5. The van der Waals surface area contributed by atoms with Gasteiger partial charge in [-0.3, -0.25) is 0 Å². The highest BCUT2D eigenvalue weighted by Gasteiger charge is 2.06. The number of nitrogens with one attached hydrogen (secondary N) is 1. The van der Waals surface area contributed by atoms with Crippen LogP contribution in [0.3, 0.4) is 0 Å². The quantitative estimate of drug-likeness (QED) is 0.624. The van der Waals surface area contributed by atoms with Gasteiger partial charge < -0.3 is 14.6 Å². The summed E-state index contributed by atoms with van der Waals surface area (Å²) in [5.41, 5.74) is 3.85. The van der Waals surface area contributed by atoms with Gasteiger partial charge in [-0.2, -0.15) is 0 Å². The second-order valence-electron chi connectivity index (χ2n) is 6.43. The van der Waals surface area contributed by atoms with E-state index in [1.54, 1.807) is 0 Å². The largest absolute Gasteiger partial charge is 0.375 e. The fourth-order valence-corrected chi connectivity index (χ4v) is 2.88. The van der Waals surface area contributed by atoms with Crippen LogP contribution in [-0.2, 0) is 24.4 Å². The lowest BCUT2D eigenvalue weighted by atomic mass is 10.1. The minimum Gasteiger partial charge on any atom is -0.375 e. The maximum atomic E-state index is 5.82. The maximum absolute atomic E-state index is 5.82. The van der Waals surface area contributed by atoms with Crippen molar-refractivity contribution in [3.8, 4) is 0 Å². The first kappa shape index (κ1) is 16.7. The lowest BCUT2D eigenvalue weighted by Crippen LogP contribution is -2.21. The predicted molar refractivity (Wildman–Crippen MR) is 100 cm³/mol. The molecule has 0 bridgehead atoms. The summed E-state index contributed by atoms with van der Waals surface area (Å²) in [5, 5.41) is 4.83. The Balaban J connectivity index is 1.60. The van der Waals surface area contributed by atoms with Gasteiger partial charge in [0.1, 0.15) is 0 Å². The molecule has 3 nitrogen and oxygen atoms in total. The molecule has 3 rings (SSSR count). The van der Waals surface area contributed by atoms with Gasteiger partial charge in [0.2, 0.25) is 0 Å². The molecular formula is C21H26N2O. The Morgan fingerprint density at radius 3 is 2.62 bits per heavy atom. The summed E-state index contributed by atoms with van der Waals surface area (Å²) in [6.45, 7) is 7.52. The van der Waals surface area contributed by atoms with Crippen LogP contribution in [0.1, 0.15) is 25.0 Å². The Hall–Kier alpha value is -2.10. The fraction of sp³-hybridized carbons (Fsp3) is 0.333. The average Bonchev–Trinajstić information content (AvgIpc) is 3.01. The molecule has 0 spiro atoms. The minimum absolute atomic E-state index is 0.494. The first-order valence-corrected chi connectivity index (χ1v) is 8.66. The molecule has 24 heavy (non-hydrogen) atoms. The molecule has 0 aliphatic carbocycles. The molecule has 2 aromatic carbocycles. The molecule has 0 saturated carbocycles. The molecule has 3 heteroatoms. The zero-order chi connectivity index (χ0) is 16.8. The van der Waals surface area contributed by atoms with Crippen molar-refractivity contribution in [1.82, 2.24) is 9.88 Å². The molecule has 0 unspecified atom stereocenters. The monoisotopic (exact) mass is 322 g/mol. The standard InChI is InChI=1S/C21H26N2O/c1-17(2)22-15-19-9-6-10-21-20(19)11-12-23(21)13-14-24-16-18-7-4-3-5-8-18/h3-12,17,22H,13-16H2,1-2H3. The van der Waals surface area contributed by atoms with Crippen LogP contribution < -0.4 is 5.32 Å². The SMILES string of the molecule is CC(C)NCc1cccc2c1ccn2CCOCc1ccccc1. The summed E-state index contributed by atoms with van der Waals surface area (Å²) in [7, 11) is 0. The number of hydrogen-bond donors (Lipinski definition) is 1. The van der Waals surface area contributed by atoms with E-state index in [1.165, 1.54) is 22.0 Å². The summed E-state index contributed by atoms with van der Waals surface area (Å²) in [4.78, 5) is 0. The molecule has 0 saturated heterocycles. The van der Waals surface area contributed by atoms with Crippen LogP contribution in [0.25, 0.3) is 10.9 Å². The van der Waals surface area contributed by atoms with Gasteiger partial charge in [-0.1, -0.05) is 56.3 Å². The molecule has 126 valence electrons. The first-order valence-electron chi connectivity index (χ1n) is 8.66. The van der Waals surface area contributed by atoms with Crippen LogP contribution in [0, 0.1) is 0 Å². The molecule has 3 aromatic rings. The van der Waals surface area contributed by atoms with Crippen molar-refractivity contribution in [3.05, 3.63) is 71.9 Å². The lowest BCUT2D eigenvalue weighted by molar-refractivity contribution is 0.114. The second-order valence-corrected chi connectivity index (χ2v) is 6.43. The molecular weight excluding hydrogens is 296 g/mol. The van der Waals surface area contributed by atoms with Gasteiger partial charge >= 0.3 is 0 Å². The van der Waals surface area contributed by atoms with Crippen molar-refractivity contribution < 1.29 is 4.74 Å². The van der Waals surface area contributed by atoms with E-state index in [0.717, 1.165) is 13.1 Å². The van der Waals surface area contributed by atoms with E-state index < -0.39 is 0 Å². The number of ether oxygens (including phenoxy) is 1. The predicted octanol–water partition coefficient (Wildman–Crippen LogP) is 4.36. The van der Waals surface area contributed by atoms with Crippen LogP contribution in [0.15, 0.2) is 60.8 Å². The molecule has 1 aromatic heterocycles. The van der Waals surface area contributed by atoms with E-state index in [2.05, 4.69) is 66.3 Å². The highest BCUT2D eigenvalue weighted by molar-refractivity contribution is 5.83. The van der Waals surface area contributed by atoms with E-state index in [0.29, 0.717) is 19.3 Å². The van der Waals surface area contributed by atoms with E-state index in [4.69, 9.17) is 4.74 Å². The zero-order valence-electron chi connectivity index (χ0n) is 14.5. The van der Waals surface area contributed by atoms with Gasteiger partial charge in [-0.15, -0.1) is 0 Å².